The quantitative estimate of drug-likeness (QED) is 0.532. The first-order valence-corrected chi connectivity index (χ1v) is 0. The Morgan fingerprint density at radius 3 is 1.00 bits per heavy atom. The van der Waals surface area contributed by atoms with Crippen LogP contribution in [0.4, 0.5) is 0 Å². The van der Waals surface area contributed by atoms with Crippen molar-refractivity contribution in [3.05, 3.63) is 0 Å². The van der Waals surface area contributed by atoms with E-state index in [9.17, 15) is 0 Å². The van der Waals surface area contributed by atoms with Crippen LogP contribution in [-0.2, 0) is 78.6 Å². The Morgan fingerprint density at radius 2 is 1.00 bits per heavy atom. The second-order valence-corrected chi connectivity index (χ2v) is 0. The molecule has 0 spiro atoms. The molecule has 0 amide bonds. The fraction of sp³-hybridized carbons (Fsp3) is 0. The maximum absolute atomic E-state index is 0. The van der Waals surface area contributed by atoms with Gasteiger partial charge in [0, 0.05) is 78.6 Å². The topological polar surface area (TPSA) is 0 Å². The van der Waals surface area contributed by atoms with Crippen molar-refractivity contribution in [2.75, 3.05) is 0 Å². The smallest absolute Gasteiger partial charge is 0 e. The number of rotatable bonds is 0. The molecule has 0 rings (SSSR count). The average molecular weight is 253 g/mol. The molecule has 0 fully saturated rings. The molecule has 0 aliphatic heterocycles. The molecule has 0 aromatic rings. The molecule has 0 aliphatic rings. The molecule has 0 N–H and O–H groups in total. The Kier molecular flexibility index (Phi) is 141. The molecule has 0 heterocycles. The zero-order valence-electron chi connectivity index (χ0n) is 1.67. The van der Waals surface area contributed by atoms with E-state index in [2.05, 4.69) is 0 Å². The third kappa shape index (κ3) is 8.82. The summed E-state index contributed by atoms with van der Waals surface area (Å²) in [5.74, 6) is 0. The minimum absolute atomic E-state index is 0. The fourth-order valence-electron chi connectivity index (χ4n) is 0. The van der Waals surface area contributed by atoms with Crippen LogP contribution >= 0.6 is 0 Å². The maximum Gasteiger partial charge on any atom is 0 e. The first-order chi connectivity index (χ1) is 0. The van der Waals surface area contributed by atoms with Gasteiger partial charge in [-0.3, -0.25) is 0 Å². The summed E-state index contributed by atoms with van der Waals surface area (Å²) in [6, 6.07) is 0. The predicted molar refractivity (Wildman–Crippen MR) is 0 cm³/mol. The van der Waals surface area contributed by atoms with Gasteiger partial charge in [-0.15, -0.1) is 0 Å². The maximum atomic E-state index is 0. The molecule has 4 heavy (non-hydrogen) atoms. The second kappa shape index (κ2) is 17.8. The predicted octanol–water partition coefficient (Wildman–Crippen LogP) is -0.0100. The zero-order valence-corrected chi connectivity index (χ0v) is 7.79. The minimum atomic E-state index is 0. The largest absolute Gasteiger partial charge is 0 e. The third-order valence-corrected chi connectivity index (χ3v) is 0. The van der Waals surface area contributed by atoms with Crippen LogP contribution in [0.5, 0.6) is 0 Å². The molecule has 0 aromatic carbocycles. The Balaban J connectivity index is 0. The van der Waals surface area contributed by atoms with Gasteiger partial charge in [-0.25, -0.2) is 0 Å². The number of hydrogen-bond acceptors (Lipinski definition) is 0. The standard InChI is InChI=1S/Cr.Ni.V.Zr. The zero-order chi connectivity index (χ0) is 0. The third-order valence-electron chi connectivity index (χ3n) is 0. The summed E-state index contributed by atoms with van der Waals surface area (Å²) >= 11 is 0. The van der Waals surface area contributed by atoms with Gasteiger partial charge < -0.3 is 0 Å². The SMILES string of the molecule is [Cr].[Ni].[V].[Zr]. The Hall–Kier alpha value is 2.49. The van der Waals surface area contributed by atoms with Gasteiger partial charge in [0.15, 0.2) is 0 Å². The van der Waals surface area contributed by atoms with Crippen molar-refractivity contribution in [2.24, 2.45) is 0 Å². The van der Waals surface area contributed by atoms with Crippen molar-refractivity contribution in [1.29, 1.82) is 0 Å². The molecule has 0 bridgehead atoms. The van der Waals surface area contributed by atoms with E-state index in [0.717, 1.165) is 0 Å². The molecular weight excluding hydrogens is 253 g/mol. The molecule has 0 unspecified atom stereocenters. The van der Waals surface area contributed by atoms with Crippen LogP contribution in [0.3, 0.4) is 0 Å². The monoisotopic (exact) mass is 251 g/mol. The average Bonchev–Trinajstić information content (AvgIpc) is 0. The van der Waals surface area contributed by atoms with Crippen LogP contribution in [0, 0.1) is 0 Å². The first-order valence-electron chi connectivity index (χ1n) is 0. The van der Waals surface area contributed by atoms with Crippen LogP contribution in [0.1, 0.15) is 0 Å². The van der Waals surface area contributed by atoms with Gasteiger partial charge in [0.25, 0.3) is 0 Å². The van der Waals surface area contributed by atoms with Crippen LogP contribution in [0.25, 0.3) is 0 Å². The van der Waals surface area contributed by atoms with Crippen molar-refractivity contribution < 1.29 is 78.6 Å². The fourth-order valence-corrected chi connectivity index (χ4v) is 0. The van der Waals surface area contributed by atoms with Crippen molar-refractivity contribution in [2.45, 2.75) is 0 Å². The molecule has 4 heteroatoms. The summed E-state index contributed by atoms with van der Waals surface area (Å²) < 4.78 is 0. The summed E-state index contributed by atoms with van der Waals surface area (Å²) in [4.78, 5) is 0. The van der Waals surface area contributed by atoms with E-state index in [1.807, 2.05) is 0 Å². The van der Waals surface area contributed by atoms with Gasteiger partial charge >= 0.3 is 0 Å². The van der Waals surface area contributed by atoms with Crippen molar-refractivity contribution in [1.82, 2.24) is 0 Å². The van der Waals surface area contributed by atoms with Crippen LogP contribution in [0.15, 0.2) is 0 Å². The Labute approximate surface area is 77.5 Å². The molecule has 25 valence electrons. The first kappa shape index (κ1) is 31.5. The normalized spacial score (nSPS) is 0. The minimum Gasteiger partial charge on any atom is 0 e. The summed E-state index contributed by atoms with van der Waals surface area (Å²) in [6.07, 6.45) is 0. The van der Waals surface area contributed by atoms with E-state index in [1.165, 1.54) is 0 Å². The van der Waals surface area contributed by atoms with E-state index in [1.54, 1.807) is 0 Å². The van der Waals surface area contributed by atoms with Crippen LogP contribution in [0.2, 0.25) is 0 Å². The van der Waals surface area contributed by atoms with Crippen molar-refractivity contribution >= 4 is 0 Å². The molecule has 0 aliphatic carbocycles. The van der Waals surface area contributed by atoms with Crippen LogP contribution in [-0.4, -0.2) is 0 Å². The Morgan fingerprint density at radius 1 is 1.00 bits per heavy atom. The molecule has 0 nitrogen and oxygen atoms in total. The van der Waals surface area contributed by atoms with Gasteiger partial charge in [0.2, 0.25) is 0 Å². The van der Waals surface area contributed by atoms with Gasteiger partial charge in [0.05, 0.1) is 0 Å². The van der Waals surface area contributed by atoms with E-state index < -0.39 is 0 Å². The summed E-state index contributed by atoms with van der Waals surface area (Å²) in [5.41, 5.74) is 0. The van der Waals surface area contributed by atoms with Crippen molar-refractivity contribution in [3.8, 4) is 0 Å². The van der Waals surface area contributed by atoms with Crippen molar-refractivity contribution in [3.63, 3.8) is 0 Å². The molecule has 0 atom stereocenters. The molecule has 1 radical (unpaired) electrons. The van der Waals surface area contributed by atoms with E-state index in [-0.39, 0.29) is 78.6 Å². The molecule has 0 aromatic heterocycles. The summed E-state index contributed by atoms with van der Waals surface area (Å²) in [5, 5.41) is 0. The van der Waals surface area contributed by atoms with Gasteiger partial charge in [-0.1, -0.05) is 0 Å². The van der Waals surface area contributed by atoms with Gasteiger partial charge in [-0.05, 0) is 0 Å². The van der Waals surface area contributed by atoms with Crippen LogP contribution < -0.4 is 0 Å². The second-order valence-electron chi connectivity index (χ2n) is 0. The van der Waals surface area contributed by atoms with Gasteiger partial charge in [0.1, 0.15) is 0 Å². The molecular formula is CrNiVZr. The summed E-state index contributed by atoms with van der Waals surface area (Å²) in [6.45, 7) is 0. The Bertz CT molecular complexity index is 8.00. The number of hydrogen-bond donors (Lipinski definition) is 0. The van der Waals surface area contributed by atoms with E-state index in [4.69, 9.17) is 0 Å². The van der Waals surface area contributed by atoms with Gasteiger partial charge in [-0.2, -0.15) is 0 Å². The van der Waals surface area contributed by atoms with E-state index >= 15 is 0 Å². The molecule has 0 saturated heterocycles. The van der Waals surface area contributed by atoms with E-state index in [0.29, 0.717) is 0 Å². The molecule has 0 saturated carbocycles. The summed E-state index contributed by atoms with van der Waals surface area (Å²) in [7, 11) is 0.